The van der Waals surface area contributed by atoms with E-state index in [1.165, 1.54) is 10.4 Å². The van der Waals surface area contributed by atoms with Gasteiger partial charge in [0.1, 0.15) is 17.2 Å². The number of esters is 1. The number of hydrogen-bond donors (Lipinski definition) is 0. The van der Waals surface area contributed by atoms with Crippen LogP contribution >= 0.6 is 23.7 Å². The summed E-state index contributed by atoms with van der Waals surface area (Å²) in [5.41, 5.74) is 3.30. The number of rotatable bonds is 5. The Balaban J connectivity index is 0.00000225. The topological polar surface area (TPSA) is 61.6 Å². The van der Waals surface area contributed by atoms with E-state index < -0.39 is 0 Å². The third-order valence-corrected chi connectivity index (χ3v) is 6.26. The lowest BCUT2D eigenvalue weighted by molar-refractivity contribution is 0.0387. The van der Waals surface area contributed by atoms with Crippen molar-refractivity contribution in [1.29, 1.82) is 0 Å². The second kappa shape index (κ2) is 8.64. The van der Waals surface area contributed by atoms with E-state index in [2.05, 4.69) is 6.92 Å². The standard InChI is InChI=1S/C21H23NO4S.ClH/c1-12-6-7-14-16(11-12)27-20-18(14)19(15-5-4-8-25-15)17(13(2)22-20)21(23)26-10-9-24-3;/h4-5,8,12H,6-7,9-11H2,1-3H3;1H. The van der Waals surface area contributed by atoms with Crippen molar-refractivity contribution < 1.29 is 18.7 Å². The van der Waals surface area contributed by atoms with Crippen molar-refractivity contribution in [1.82, 2.24) is 4.98 Å². The minimum Gasteiger partial charge on any atom is -0.464 e. The predicted octanol–water partition coefficient (Wildman–Crippen LogP) is 5.21. The number of carbonyl (C=O) groups excluding carboxylic acids is 1. The molecule has 3 aromatic rings. The van der Waals surface area contributed by atoms with E-state index in [0.29, 0.717) is 29.5 Å². The largest absolute Gasteiger partial charge is 0.464 e. The molecule has 150 valence electrons. The van der Waals surface area contributed by atoms with Crippen LogP contribution in [-0.4, -0.2) is 31.3 Å². The third kappa shape index (κ3) is 3.69. The first-order chi connectivity index (χ1) is 13.1. The molecular weight excluding hydrogens is 398 g/mol. The maximum absolute atomic E-state index is 12.9. The molecule has 5 nitrogen and oxygen atoms in total. The van der Waals surface area contributed by atoms with Gasteiger partial charge in [-0.15, -0.1) is 23.7 Å². The van der Waals surface area contributed by atoms with Crippen molar-refractivity contribution in [3.8, 4) is 11.3 Å². The molecule has 3 aromatic heterocycles. The van der Waals surface area contributed by atoms with Crippen molar-refractivity contribution in [2.75, 3.05) is 20.3 Å². The summed E-state index contributed by atoms with van der Waals surface area (Å²) in [5, 5.41) is 1.06. The molecule has 0 saturated heterocycles. The molecule has 0 spiro atoms. The van der Waals surface area contributed by atoms with Crippen LogP contribution in [0.3, 0.4) is 0 Å². The van der Waals surface area contributed by atoms with Crippen LogP contribution in [0.2, 0.25) is 0 Å². The number of nitrogens with zero attached hydrogens (tertiary/aromatic N) is 1. The third-order valence-electron chi connectivity index (χ3n) is 5.12. The van der Waals surface area contributed by atoms with Gasteiger partial charge in [0.25, 0.3) is 0 Å². The maximum Gasteiger partial charge on any atom is 0.340 e. The molecule has 1 unspecified atom stereocenters. The summed E-state index contributed by atoms with van der Waals surface area (Å²) in [5.74, 6) is 0.982. The Morgan fingerprint density at radius 3 is 2.93 bits per heavy atom. The molecule has 4 rings (SSSR count). The Hall–Kier alpha value is -1.89. The molecule has 0 radical (unpaired) electrons. The summed E-state index contributed by atoms with van der Waals surface area (Å²) < 4.78 is 16.2. The van der Waals surface area contributed by atoms with Gasteiger partial charge in [0, 0.05) is 22.9 Å². The Morgan fingerprint density at radius 2 is 2.21 bits per heavy atom. The second-order valence-corrected chi connectivity index (χ2v) is 8.17. The lowest BCUT2D eigenvalue weighted by Crippen LogP contribution is -2.14. The number of furan rings is 1. The zero-order valence-corrected chi connectivity index (χ0v) is 17.9. The Labute approximate surface area is 174 Å². The first kappa shape index (κ1) is 20.8. The normalized spacial score (nSPS) is 15.9. The van der Waals surface area contributed by atoms with Crippen LogP contribution in [0.5, 0.6) is 0 Å². The van der Waals surface area contributed by atoms with Crippen molar-refractivity contribution in [3.05, 3.63) is 40.1 Å². The van der Waals surface area contributed by atoms with Crippen molar-refractivity contribution in [2.45, 2.75) is 33.1 Å². The Morgan fingerprint density at radius 1 is 1.39 bits per heavy atom. The molecule has 3 heterocycles. The fourth-order valence-electron chi connectivity index (χ4n) is 3.79. The van der Waals surface area contributed by atoms with E-state index in [9.17, 15) is 4.79 Å². The fourth-order valence-corrected chi connectivity index (χ4v) is 5.23. The SMILES string of the molecule is COCCOC(=O)c1c(C)nc2sc3c(c2c1-c1ccco1)CCC(C)C3.Cl. The van der Waals surface area contributed by atoms with E-state index >= 15 is 0 Å². The summed E-state index contributed by atoms with van der Waals surface area (Å²) in [6.45, 7) is 4.73. The number of ether oxygens (including phenoxy) is 2. The zero-order valence-electron chi connectivity index (χ0n) is 16.2. The number of aryl methyl sites for hydroxylation is 2. The van der Waals surface area contributed by atoms with Gasteiger partial charge in [-0.1, -0.05) is 6.92 Å². The zero-order chi connectivity index (χ0) is 19.0. The van der Waals surface area contributed by atoms with Gasteiger partial charge in [0.05, 0.1) is 24.1 Å². The molecule has 1 atom stereocenters. The van der Waals surface area contributed by atoms with E-state index in [-0.39, 0.29) is 25.0 Å². The molecule has 28 heavy (non-hydrogen) atoms. The highest BCUT2D eigenvalue weighted by Crippen LogP contribution is 2.44. The minimum absolute atomic E-state index is 0. The van der Waals surface area contributed by atoms with Crippen molar-refractivity contribution >= 4 is 39.9 Å². The molecule has 0 saturated carbocycles. The predicted molar refractivity (Wildman–Crippen MR) is 113 cm³/mol. The van der Waals surface area contributed by atoms with E-state index in [1.807, 2.05) is 19.1 Å². The number of carbonyl (C=O) groups is 1. The van der Waals surface area contributed by atoms with Gasteiger partial charge in [-0.3, -0.25) is 0 Å². The first-order valence-electron chi connectivity index (χ1n) is 9.25. The maximum atomic E-state index is 12.9. The Bertz CT molecular complexity index is 980. The highest BCUT2D eigenvalue weighted by molar-refractivity contribution is 7.19. The molecule has 0 aromatic carbocycles. The number of halogens is 1. The van der Waals surface area contributed by atoms with Gasteiger partial charge in [-0.05, 0) is 49.8 Å². The number of hydrogen-bond acceptors (Lipinski definition) is 6. The summed E-state index contributed by atoms with van der Waals surface area (Å²) in [6, 6.07) is 3.74. The van der Waals surface area contributed by atoms with E-state index in [1.54, 1.807) is 24.7 Å². The number of pyridine rings is 1. The lowest BCUT2D eigenvalue weighted by atomic mass is 9.87. The highest BCUT2D eigenvalue weighted by Gasteiger charge is 2.29. The average molecular weight is 422 g/mol. The van der Waals surface area contributed by atoms with Crippen LogP contribution in [0.1, 0.15) is 39.8 Å². The van der Waals surface area contributed by atoms with Gasteiger partial charge in [-0.2, -0.15) is 0 Å². The molecule has 0 bridgehead atoms. The summed E-state index contributed by atoms with van der Waals surface area (Å²) >= 11 is 1.75. The van der Waals surface area contributed by atoms with Gasteiger partial charge < -0.3 is 13.9 Å². The van der Waals surface area contributed by atoms with Crippen LogP contribution in [0.25, 0.3) is 21.5 Å². The summed E-state index contributed by atoms with van der Waals surface area (Å²) in [4.78, 5) is 20.0. The number of methoxy groups -OCH3 is 1. The fraction of sp³-hybridized carbons (Fsp3) is 0.429. The first-order valence-corrected chi connectivity index (χ1v) is 10.1. The molecule has 7 heteroatoms. The lowest BCUT2D eigenvalue weighted by Gasteiger charge is -2.19. The van der Waals surface area contributed by atoms with Gasteiger partial charge in [-0.25, -0.2) is 9.78 Å². The molecule has 0 fully saturated rings. The monoisotopic (exact) mass is 421 g/mol. The van der Waals surface area contributed by atoms with Gasteiger partial charge >= 0.3 is 5.97 Å². The van der Waals surface area contributed by atoms with Crippen LogP contribution in [0.4, 0.5) is 0 Å². The smallest absolute Gasteiger partial charge is 0.340 e. The van der Waals surface area contributed by atoms with Gasteiger partial charge in [0.2, 0.25) is 0 Å². The van der Waals surface area contributed by atoms with Crippen LogP contribution in [0, 0.1) is 12.8 Å². The molecule has 1 aliphatic rings. The number of fused-ring (bicyclic) bond motifs is 3. The van der Waals surface area contributed by atoms with E-state index in [0.717, 1.165) is 35.0 Å². The second-order valence-electron chi connectivity index (χ2n) is 7.09. The van der Waals surface area contributed by atoms with E-state index in [4.69, 9.17) is 18.9 Å². The Kier molecular flexibility index (Phi) is 6.43. The van der Waals surface area contributed by atoms with Crippen LogP contribution < -0.4 is 0 Å². The number of aromatic nitrogens is 1. The molecular formula is C21H24ClNO4S. The molecule has 0 N–H and O–H groups in total. The average Bonchev–Trinajstić information content (AvgIpc) is 3.27. The number of thiophene rings is 1. The van der Waals surface area contributed by atoms with Crippen LogP contribution in [-0.2, 0) is 22.3 Å². The van der Waals surface area contributed by atoms with Crippen molar-refractivity contribution in [3.63, 3.8) is 0 Å². The molecule has 0 amide bonds. The van der Waals surface area contributed by atoms with Crippen molar-refractivity contribution in [2.24, 2.45) is 5.92 Å². The summed E-state index contributed by atoms with van der Waals surface area (Å²) in [6.07, 6.45) is 4.86. The molecule has 0 aliphatic heterocycles. The quantitative estimate of drug-likeness (QED) is 0.417. The summed E-state index contributed by atoms with van der Waals surface area (Å²) in [7, 11) is 1.58. The van der Waals surface area contributed by atoms with Gasteiger partial charge in [0.15, 0.2) is 0 Å². The highest BCUT2D eigenvalue weighted by atomic mass is 35.5. The van der Waals surface area contributed by atoms with Crippen LogP contribution in [0.15, 0.2) is 22.8 Å². The molecule has 1 aliphatic carbocycles. The minimum atomic E-state index is -0.380.